The molecular weight excluding hydrogens is 535 g/mol. The van der Waals surface area contributed by atoms with Crippen molar-refractivity contribution < 1.29 is 18.8 Å². The summed E-state index contributed by atoms with van der Waals surface area (Å²) in [5.74, 6) is -1.17. The van der Waals surface area contributed by atoms with E-state index >= 15 is 0 Å². The predicted molar refractivity (Wildman–Crippen MR) is 156 cm³/mol. The number of H-pyrrole nitrogens is 1. The van der Waals surface area contributed by atoms with Crippen molar-refractivity contribution in [1.29, 1.82) is 0 Å². The average Bonchev–Trinajstić information content (AvgIpc) is 3.44. The molecule has 4 aromatic rings. The van der Waals surface area contributed by atoms with E-state index in [4.69, 9.17) is 0 Å². The maximum Gasteiger partial charge on any atom is 0.292 e. The van der Waals surface area contributed by atoms with Crippen LogP contribution in [0.5, 0.6) is 0 Å². The zero-order valence-electron chi connectivity index (χ0n) is 23.6. The van der Waals surface area contributed by atoms with Crippen molar-refractivity contribution in [2.24, 2.45) is 5.92 Å². The highest BCUT2D eigenvalue weighted by molar-refractivity contribution is 6.00. The van der Waals surface area contributed by atoms with E-state index in [1.54, 1.807) is 34.1 Å². The van der Waals surface area contributed by atoms with Crippen LogP contribution in [0, 0.1) is 11.7 Å². The van der Waals surface area contributed by atoms with Gasteiger partial charge in [-0.05, 0) is 37.0 Å². The maximum absolute atomic E-state index is 14.2. The largest absolute Gasteiger partial charge is 0.351 e. The first-order valence-corrected chi connectivity index (χ1v) is 14.4. The minimum atomic E-state index is -0.685. The van der Waals surface area contributed by atoms with Crippen LogP contribution in [0.3, 0.4) is 0 Å². The molecule has 6 rings (SSSR count). The number of benzene rings is 2. The zero-order chi connectivity index (χ0) is 29.4. The Morgan fingerprint density at radius 2 is 1.79 bits per heavy atom. The molecular formula is C32H33FN6O3. The Kier molecular flexibility index (Phi) is 7.45. The van der Waals surface area contributed by atoms with Crippen molar-refractivity contribution in [3.8, 4) is 11.1 Å². The molecule has 216 valence electrons. The lowest BCUT2D eigenvalue weighted by Crippen LogP contribution is -2.73. The zero-order valence-corrected chi connectivity index (χ0v) is 23.6. The standard InChI is InChI=1S/C32H33FN6O3/c1-3-19(2)28(37-30(40)25-15-20-9-4-7-12-24(20)36-25)31(41)39-18-27-26(39)13-8-14-38(27)32(42)29-34-16-21(17-35-29)22-10-5-6-11-23(22)33/h4-7,9-12,15-17,19,26-28,36H,3,8,13-14,18H2,1-2H3,(H,37,40)/t19-,26?,27+,28-/m0/s1. The molecule has 2 fully saturated rings. The van der Waals surface area contributed by atoms with Gasteiger partial charge in [-0.3, -0.25) is 14.4 Å². The lowest BCUT2D eigenvalue weighted by Gasteiger charge is -2.56. The fourth-order valence-electron chi connectivity index (χ4n) is 6.00. The quantitative estimate of drug-likeness (QED) is 0.343. The molecule has 2 aliphatic heterocycles. The Bertz CT molecular complexity index is 1600. The Morgan fingerprint density at radius 3 is 2.52 bits per heavy atom. The van der Waals surface area contributed by atoms with E-state index in [1.165, 1.54) is 18.5 Å². The summed E-state index contributed by atoms with van der Waals surface area (Å²) < 4.78 is 14.2. The van der Waals surface area contributed by atoms with Crippen molar-refractivity contribution in [1.82, 2.24) is 30.1 Å². The van der Waals surface area contributed by atoms with Gasteiger partial charge in [-0.1, -0.05) is 56.7 Å². The minimum Gasteiger partial charge on any atom is -0.351 e. The van der Waals surface area contributed by atoms with Crippen LogP contribution in [-0.2, 0) is 4.79 Å². The highest BCUT2D eigenvalue weighted by Gasteiger charge is 2.50. The van der Waals surface area contributed by atoms with Crippen LogP contribution in [0.15, 0.2) is 67.0 Å². The molecule has 1 unspecified atom stereocenters. The van der Waals surface area contributed by atoms with Gasteiger partial charge in [-0.15, -0.1) is 0 Å². The lowest BCUT2D eigenvalue weighted by atomic mass is 9.84. The van der Waals surface area contributed by atoms with E-state index in [1.807, 2.05) is 38.1 Å². The number of likely N-dealkylation sites (tertiary alicyclic amines) is 2. The normalized spacial score (nSPS) is 19.5. The predicted octanol–water partition coefficient (Wildman–Crippen LogP) is 4.42. The lowest BCUT2D eigenvalue weighted by molar-refractivity contribution is -0.150. The van der Waals surface area contributed by atoms with Gasteiger partial charge in [0.05, 0.1) is 12.1 Å². The number of carbonyl (C=O) groups is 3. The number of aromatic amines is 1. The van der Waals surface area contributed by atoms with E-state index < -0.39 is 6.04 Å². The van der Waals surface area contributed by atoms with Crippen molar-refractivity contribution >= 4 is 28.6 Å². The maximum atomic E-state index is 14.2. The number of carbonyl (C=O) groups excluding carboxylic acids is 3. The molecule has 2 saturated heterocycles. The van der Waals surface area contributed by atoms with Crippen LogP contribution in [0.25, 0.3) is 22.0 Å². The van der Waals surface area contributed by atoms with Gasteiger partial charge in [0.2, 0.25) is 11.7 Å². The van der Waals surface area contributed by atoms with Crippen LogP contribution in [0.1, 0.15) is 54.2 Å². The summed E-state index contributed by atoms with van der Waals surface area (Å²) in [6.07, 6.45) is 5.15. The van der Waals surface area contributed by atoms with Crippen LogP contribution in [-0.4, -0.2) is 73.7 Å². The van der Waals surface area contributed by atoms with Crippen LogP contribution < -0.4 is 5.32 Å². The summed E-state index contributed by atoms with van der Waals surface area (Å²) in [4.78, 5) is 55.6. The van der Waals surface area contributed by atoms with E-state index in [2.05, 4.69) is 20.3 Å². The molecule has 0 aliphatic carbocycles. The number of amides is 3. The smallest absolute Gasteiger partial charge is 0.292 e. The highest BCUT2D eigenvalue weighted by Crippen LogP contribution is 2.34. The molecule has 3 amide bonds. The first kappa shape index (κ1) is 27.6. The third-order valence-corrected chi connectivity index (χ3v) is 8.64. The van der Waals surface area contributed by atoms with Gasteiger partial charge in [-0.2, -0.15) is 0 Å². The number of nitrogens with one attached hydrogen (secondary N) is 2. The molecule has 2 aliphatic rings. The second kappa shape index (κ2) is 11.3. The van der Waals surface area contributed by atoms with Gasteiger partial charge in [0, 0.05) is 47.5 Å². The number of hydrogen-bond donors (Lipinski definition) is 2. The molecule has 10 heteroatoms. The van der Waals surface area contributed by atoms with Gasteiger partial charge in [0.15, 0.2) is 0 Å². The fourth-order valence-corrected chi connectivity index (χ4v) is 6.00. The third kappa shape index (κ3) is 5.01. The summed E-state index contributed by atoms with van der Waals surface area (Å²) in [6.45, 7) is 4.89. The van der Waals surface area contributed by atoms with Crippen LogP contribution in [0.2, 0.25) is 0 Å². The number of halogens is 1. The molecule has 2 aromatic heterocycles. The summed E-state index contributed by atoms with van der Waals surface area (Å²) in [7, 11) is 0. The molecule has 0 saturated carbocycles. The van der Waals surface area contributed by atoms with E-state index in [0.29, 0.717) is 29.9 Å². The number of nitrogens with zero attached hydrogens (tertiary/aromatic N) is 4. The molecule has 9 nitrogen and oxygen atoms in total. The van der Waals surface area contributed by atoms with E-state index in [0.717, 1.165) is 30.2 Å². The number of piperidine rings is 1. The first-order valence-electron chi connectivity index (χ1n) is 14.4. The van der Waals surface area contributed by atoms with Crippen molar-refractivity contribution in [2.75, 3.05) is 13.1 Å². The summed E-state index contributed by atoms with van der Waals surface area (Å²) in [5.41, 5.74) is 2.13. The minimum absolute atomic E-state index is 0.0450. The molecule has 2 N–H and O–H groups in total. The Morgan fingerprint density at radius 1 is 1.05 bits per heavy atom. The first-order chi connectivity index (χ1) is 20.4. The van der Waals surface area contributed by atoms with E-state index in [9.17, 15) is 18.8 Å². The SMILES string of the molecule is CC[C@H](C)[C@H](NC(=O)c1cc2ccccc2[nH]1)C(=O)N1C[C@@H]2C1CCCN2C(=O)c1ncc(-c2ccccc2F)cn1. The molecule has 4 atom stereocenters. The Labute approximate surface area is 243 Å². The summed E-state index contributed by atoms with van der Waals surface area (Å²) in [5, 5.41) is 3.91. The molecule has 0 radical (unpaired) electrons. The van der Waals surface area contributed by atoms with Crippen molar-refractivity contribution in [3.63, 3.8) is 0 Å². The van der Waals surface area contributed by atoms with Gasteiger partial charge >= 0.3 is 0 Å². The monoisotopic (exact) mass is 568 g/mol. The van der Waals surface area contributed by atoms with Crippen molar-refractivity contribution in [2.45, 2.75) is 51.2 Å². The second-order valence-electron chi connectivity index (χ2n) is 11.1. The van der Waals surface area contributed by atoms with Crippen molar-refractivity contribution in [3.05, 3.63) is 84.3 Å². The topological polar surface area (TPSA) is 111 Å². The van der Waals surface area contributed by atoms with E-state index in [-0.39, 0.29) is 47.4 Å². The number of para-hydroxylation sites is 1. The fraction of sp³-hybridized carbons (Fsp3) is 0.344. The Hall–Kier alpha value is -4.60. The van der Waals surface area contributed by atoms with Crippen LogP contribution in [0.4, 0.5) is 4.39 Å². The van der Waals surface area contributed by atoms with Crippen LogP contribution >= 0.6 is 0 Å². The van der Waals surface area contributed by atoms with Gasteiger partial charge in [0.1, 0.15) is 17.6 Å². The van der Waals surface area contributed by atoms with Gasteiger partial charge < -0.3 is 20.1 Å². The summed E-state index contributed by atoms with van der Waals surface area (Å²) in [6, 6.07) is 14.8. The second-order valence-corrected chi connectivity index (χ2v) is 11.1. The Balaban J connectivity index is 1.14. The molecule has 0 spiro atoms. The highest BCUT2D eigenvalue weighted by atomic mass is 19.1. The van der Waals surface area contributed by atoms with Gasteiger partial charge in [-0.25, -0.2) is 14.4 Å². The molecule has 2 aromatic carbocycles. The molecule has 4 heterocycles. The number of fused-ring (bicyclic) bond motifs is 2. The van der Waals surface area contributed by atoms with Gasteiger partial charge in [0.25, 0.3) is 11.8 Å². The number of aromatic nitrogens is 3. The number of hydrogen-bond acceptors (Lipinski definition) is 5. The molecule has 42 heavy (non-hydrogen) atoms. The number of rotatable bonds is 7. The summed E-state index contributed by atoms with van der Waals surface area (Å²) >= 11 is 0. The third-order valence-electron chi connectivity index (χ3n) is 8.64. The molecule has 0 bridgehead atoms. The average molecular weight is 569 g/mol.